The molecule has 0 heterocycles. The van der Waals surface area contributed by atoms with E-state index in [1.165, 1.54) is 83.5 Å². The predicted molar refractivity (Wildman–Crippen MR) is 217 cm³/mol. The molecule has 0 aliphatic heterocycles. The number of amides is 2. The molecule has 0 saturated carbocycles. The number of ether oxygens (including phenoxy) is 1. The third kappa shape index (κ3) is 35.6. The topological polar surface area (TPSA) is 142 Å². The lowest BCUT2D eigenvalue weighted by Gasteiger charge is -2.15. The van der Waals surface area contributed by atoms with Gasteiger partial charge >= 0.3 is 11.9 Å². The summed E-state index contributed by atoms with van der Waals surface area (Å²) in [5, 5.41) is 22.5. The number of hydrogen-bond acceptors (Lipinski definition) is 6. The van der Waals surface area contributed by atoms with Crippen molar-refractivity contribution >= 4 is 23.8 Å². The normalized spacial score (nSPS) is 13.0. The highest BCUT2D eigenvalue weighted by Crippen LogP contribution is 2.16. The second kappa shape index (κ2) is 38.5. The average Bonchev–Trinajstić information content (AvgIpc) is 3.14. The Labute approximate surface area is 322 Å². The van der Waals surface area contributed by atoms with Crippen molar-refractivity contribution in [1.29, 1.82) is 0 Å². The Bertz CT molecular complexity index is 1040. The molecule has 9 heteroatoms. The van der Waals surface area contributed by atoms with E-state index in [2.05, 4.69) is 60.9 Å². The highest BCUT2D eigenvalue weighted by Gasteiger charge is 2.18. The molecule has 0 saturated heterocycles. The largest absolute Gasteiger partial charge is 0.480 e. The maximum absolute atomic E-state index is 12.7. The molecule has 0 spiro atoms. The zero-order valence-electron chi connectivity index (χ0n) is 33.5. The first-order valence-corrected chi connectivity index (χ1v) is 21.0. The van der Waals surface area contributed by atoms with Crippen LogP contribution < -0.4 is 10.6 Å². The highest BCUT2D eigenvalue weighted by molar-refractivity contribution is 5.87. The molecule has 0 radical (unpaired) electrons. The molecule has 0 aromatic carbocycles. The van der Waals surface area contributed by atoms with Crippen molar-refractivity contribution in [2.75, 3.05) is 13.2 Å². The van der Waals surface area contributed by atoms with E-state index in [4.69, 9.17) is 14.9 Å². The van der Waals surface area contributed by atoms with Crippen LogP contribution in [-0.4, -0.2) is 59.3 Å². The molecular formula is C44H76N2O7. The predicted octanol–water partition coefficient (Wildman–Crippen LogP) is 9.98. The van der Waals surface area contributed by atoms with Gasteiger partial charge in [0.2, 0.25) is 11.8 Å². The van der Waals surface area contributed by atoms with Gasteiger partial charge in [0, 0.05) is 12.8 Å². The van der Waals surface area contributed by atoms with E-state index >= 15 is 0 Å². The molecule has 2 amide bonds. The molecule has 53 heavy (non-hydrogen) atoms. The number of aliphatic hydroxyl groups excluding tert-OH is 1. The van der Waals surface area contributed by atoms with Crippen molar-refractivity contribution in [2.24, 2.45) is 0 Å². The minimum Gasteiger partial charge on any atom is -0.480 e. The van der Waals surface area contributed by atoms with Gasteiger partial charge in [0.25, 0.3) is 0 Å². The Hall–Kier alpha value is -3.20. The fourth-order valence-electron chi connectivity index (χ4n) is 5.86. The van der Waals surface area contributed by atoms with Crippen LogP contribution in [0, 0.1) is 0 Å². The van der Waals surface area contributed by atoms with Crippen LogP contribution in [0.1, 0.15) is 181 Å². The number of aliphatic hydroxyl groups is 1. The third-order valence-electron chi connectivity index (χ3n) is 9.07. The Morgan fingerprint density at radius 3 is 1.57 bits per heavy atom. The molecule has 0 aromatic rings. The second-order valence-corrected chi connectivity index (χ2v) is 14.1. The average molecular weight is 745 g/mol. The molecule has 304 valence electrons. The maximum Gasteiger partial charge on any atom is 0.328 e. The van der Waals surface area contributed by atoms with Crippen molar-refractivity contribution in [3.8, 4) is 0 Å². The van der Waals surface area contributed by atoms with E-state index < -0.39 is 24.5 Å². The Morgan fingerprint density at radius 1 is 0.585 bits per heavy atom. The van der Waals surface area contributed by atoms with Crippen molar-refractivity contribution in [1.82, 2.24) is 10.6 Å². The van der Waals surface area contributed by atoms with E-state index in [0.29, 0.717) is 19.3 Å². The number of carbonyl (C=O) groups is 4. The number of unbranched alkanes of at least 4 members (excludes halogenated alkanes) is 17. The molecular weight excluding hydrogens is 668 g/mol. The van der Waals surface area contributed by atoms with Gasteiger partial charge in [-0.05, 0) is 57.4 Å². The lowest BCUT2D eigenvalue weighted by molar-refractivity contribution is -0.147. The summed E-state index contributed by atoms with van der Waals surface area (Å²) in [5.41, 5.74) is 0. The molecule has 4 N–H and O–H groups in total. The minimum atomic E-state index is -1.40. The van der Waals surface area contributed by atoms with Crippen LogP contribution >= 0.6 is 0 Å². The van der Waals surface area contributed by atoms with Gasteiger partial charge in [-0.2, -0.15) is 0 Å². The molecule has 9 nitrogen and oxygen atoms in total. The lowest BCUT2D eigenvalue weighted by Crippen LogP contribution is -2.47. The molecule has 2 unspecified atom stereocenters. The molecule has 0 rings (SSSR count). The van der Waals surface area contributed by atoms with Crippen molar-refractivity contribution in [2.45, 2.75) is 193 Å². The number of hydrogen-bond donors (Lipinski definition) is 4. The lowest BCUT2D eigenvalue weighted by atomic mass is 10.0. The van der Waals surface area contributed by atoms with Crippen LogP contribution in [0.4, 0.5) is 0 Å². The number of carboxylic acids is 1. The summed E-state index contributed by atoms with van der Waals surface area (Å²) in [5.74, 6) is -2.49. The molecule has 0 aliphatic carbocycles. The van der Waals surface area contributed by atoms with E-state index in [9.17, 15) is 19.2 Å². The molecule has 0 aliphatic rings. The Kier molecular flexibility index (Phi) is 36.2. The molecule has 0 fully saturated rings. The number of nitrogens with one attached hydrogen (secondary N) is 2. The molecule has 0 bridgehead atoms. The fourth-order valence-corrected chi connectivity index (χ4v) is 5.86. The summed E-state index contributed by atoms with van der Waals surface area (Å²) >= 11 is 0. The van der Waals surface area contributed by atoms with E-state index in [1.807, 2.05) is 12.2 Å². The van der Waals surface area contributed by atoms with Crippen LogP contribution in [0.5, 0.6) is 0 Å². The number of aliphatic carboxylic acids is 1. The minimum absolute atomic E-state index is 0.160. The number of carbonyl (C=O) groups excluding carboxylic acids is 3. The summed E-state index contributed by atoms with van der Waals surface area (Å²) in [7, 11) is 0. The summed E-state index contributed by atoms with van der Waals surface area (Å²) in [4.78, 5) is 47.6. The summed E-state index contributed by atoms with van der Waals surface area (Å²) in [6.07, 6.45) is 44.4. The monoisotopic (exact) mass is 745 g/mol. The van der Waals surface area contributed by atoms with Crippen LogP contribution in [0.3, 0.4) is 0 Å². The summed E-state index contributed by atoms with van der Waals surface area (Å²) in [6.45, 7) is 3.31. The van der Waals surface area contributed by atoms with Crippen LogP contribution in [0.25, 0.3) is 0 Å². The maximum atomic E-state index is 12.7. The van der Waals surface area contributed by atoms with Gasteiger partial charge in [0.15, 0.2) is 0 Å². The van der Waals surface area contributed by atoms with Gasteiger partial charge in [0.1, 0.15) is 12.1 Å². The number of carboxylic acid groups (broad SMARTS) is 1. The van der Waals surface area contributed by atoms with Gasteiger partial charge in [-0.3, -0.25) is 14.4 Å². The van der Waals surface area contributed by atoms with Crippen LogP contribution in [-0.2, 0) is 23.9 Å². The second-order valence-electron chi connectivity index (χ2n) is 14.1. The Balaban J connectivity index is 4.42. The number of esters is 1. The number of allylic oxidation sites excluding steroid dienone is 7. The van der Waals surface area contributed by atoms with E-state index in [1.54, 1.807) is 0 Å². The zero-order valence-corrected chi connectivity index (χ0v) is 33.5. The first-order chi connectivity index (χ1) is 25.8. The number of rotatable bonds is 37. The molecule has 0 aromatic heterocycles. The quantitative estimate of drug-likeness (QED) is 0.0282. The van der Waals surface area contributed by atoms with E-state index in [-0.39, 0.29) is 30.9 Å². The highest BCUT2D eigenvalue weighted by atomic mass is 16.5. The fraction of sp³-hybridized carbons (Fsp3) is 0.727. The van der Waals surface area contributed by atoms with Crippen molar-refractivity contribution in [3.05, 3.63) is 48.6 Å². The van der Waals surface area contributed by atoms with E-state index in [0.717, 1.165) is 57.8 Å². The van der Waals surface area contributed by atoms with Crippen molar-refractivity contribution in [3.63, 3.8) is 0 Å². The first-order valence-electron chi connectivity index (χ1n) is 21.0. The van der Waals surface area contributed by atoms with Crippen molar-refractivity contribution < 1.29 is 34.1 Å². The van der Waals surface area contributed by atoms with Gasteiger partial charge in [-0.15, -0.1) is 0 Å². The van der Waals surface area contributed by atoms with Crippen LogP contribution in [0.15, 0.2) is 48.6 Å². The smallest absolute Gasteiger partial charge is 0.328 e. The van der Waals surface area contributed by atoms with Gasteiger partial charge in [-0.1, -0.05) is 159 Å². The SMILES string of the molecule is CC/C=C\C/C=C\C/C=C\C/C=C\C(CCCCCC(=O)NCC(=O)NC(CO)C(=O)O)OC(=O)CCCCCCCCCCCCCCCCCC. The zero-order chi connectivity index (χ0) is 39.0. The summed E-state index contributed by atoms with van der Waals surface area (Å²) < 4.78 is 5.87. The third-order valence-corrected chi connectivity index (χ3v) is 9.07. The van der Waals surface area contributed by atoms with Gasteiger partial charge in [-0.25, -0.2) is 4.79 Å². The van der Waals surface area contributed by atoms with Gasteiger partial charge in [0.05, 0.1) is 13.2 Å². The standard InChI is InChI=1S/C44H76N2O7/c1-3-5-7-9-11-13-15-16-17-18-19-21-23-25-27-32-36-43(50)53-39(33-29-26-24-22-20-14-12-10-8-6-4-2)34-30-28-31-35-41(48)45-37-42(49)46-40(38-47)44(51)52/h6,8,12,14,22,24,29,33,39-40,47H,3-5,7,9-11,13,15-21,23,25-28,30-32,34-38H2,1-2H3,(H,45,48)(H,46,49)(H,51,52)/b8-6-,14-12-,24-22-,33-29-. The first kappa shape index (κ1) is 49.8. The van der Waals surface area contributed by atoms with Crippen LogP contribution in [0.2, 0.25) is 0 Å². The summed E-state index contributed by atoms with van der Waals surface area (Å²) in [6, 6.07) is -1.40. The van der Waals surface area contributed by atoms with Gasteiger partial charge < -0.3 is 25.6 Å². The molecule has 2 atom stereocenters. The Morgan fingerprint density at radius 2 is 1.06 bits per heavy atom.